The Bertz CT molecular complexity index is 207. The number of ether oxygens (including phenoxy) is 1. The molecular weight excluding hydrogens is 260 g/mol. The smallest absolute Gasteiger partial charge is 0.307 e. The molecule has 0 fully saturated rings. The van der Waals surface area contributed by atoms with E-state index in [1.54, 1.807) is 0 Å². The highest BCUT2D eigenvalue weighted by Gasteiger charge is 2.11. The van der Waals surface area contributed by atoms with E-state index in [2.05, 4.69) is 13.8 Å². The predicted octanol–water partition coefficient (Wildman–Crippen LogP) is 5.47. The van der Waals surface area contributed by atoms with Crippen LogP contribution in [-0.2, 0) is 9.53 Å². The van der Waals surface area contributed by atoms with E-state index in [-0.39, 0.29) is 12.1 Å². The Hall–Kier alpha value is -0.240. The average Bonchev–Trinajstić information content (AvgIpc) is 2.40. The first kappa shape index (κ1) is 18.8. The Morgan fingerprint density at radius 3 is 2.11 bits per heavy atom. The molecule has 0 rings (SSSR count). The summed E-state index contributed by atoms with van der Waals surface area (Å²) in [7, 11) is 0. The molecule has 0 aliphatic rings. The standard InChI is InChI=1S/C16H31ClO2/c1-3-5-6-7-8-9-10-11-12-15(4-2)19-16(18)13-14-17/h15H,3-14H2,1-2H3. The molecule has 0 spiro atoms. The van der Waals surface area contributed by atoms with Gasteiger partial charge in [0.05, 0.1) is 6.42 Å². The number of rotatable bonds is 13. The molecule has 0 heterocycles. The molecule has 0 aromatic heterocycles. The fraction of sp³-hybridized carbons (Fsp3) is 0.938. The van der Waals surface area contributed by atoms with Crippen LogP contribution in [0.2, 0.25) is 0 Å². The van der Waals surface area contributed by atoms with Crippen molar-refractivity contribution in [3.8, 4) is 0 Å². The zero-order chi connectivity index (χ0) is 14.3. The van der Waals surface area contributed by atoms with Crippen LogP contribution in [0.5, 0.6) is 0 Å². The first-order chi connectivity index (χ1) is 9.24. The largest absolute Gasteiger partial charge is 0.462 e. The zero-order valence-electron chi connectivity index (χ0n) is 12.8. The van der Waals surface area contributed by atoms with E-state index in [0.29, 0.717) is 12.3 Å². The molecule has 1 unspecified atom stereocenters. The highest BCUT2D eigenvalue weighted by molar-refractivity contribution is 6.18. The van der Waals surface area contributed by atoms with Crippen molar-refractivity contribution in [2.75, 3.05) is 5.88 Å². The van der Waals surface area contributed by atoms with E-state index in [1.165, 1.54) is 51.4 Å². The summed E-state index contributed by atoms with van der Waals surface area (Å²) in [6, 6.07) is 0. The van der Waals surface area contributed by atoms with Crippen LogP contribution in [0.3, 0.4) is 0 Å². The maximum absolute atomic E-state index is 11.3. The summed E-state index contributed by atoms with van der Waals surface area (Å²) in [5.74, 6) is 0.203. The van der Waals surface area contributed by atoms with Gasteiger partial charge in [-0.2, -0.15) is 0 Å². The summed E-state index contributed by atoms with van der Waals surface area (Å²) < 4.78 is 5.38. The lowest BCUT2D eigenvalue weighted by molar-refractivity contribution is -0.149. The molecule has 19 heavy (non-hydrogen) atoms. The van der Waals surface area contributed by atoms with E-state index >= 15 is 0 Å². The molecule has 0 aliphatic carbocycles. The third kappa shape index (κ3) is 12.5. The van der Waals surface area contributed by atoms with Crippen molar-refractivity contribution in [3.63, 3.8) is 0 Å². The second-order valence-electron chi connectivity index (χ2n) is 5.22. The average molecular weight is 291 g/mol. The Labute approximate surface area is 124 Å². The number of hydrogen-bond acceptors (Lipinski definition) is 2. The molecule has 0 amide bonds. The highest BCUT2D eigenvalue weighted by atomic mass is 35.5. The van der Waals surface area contributed by atoms with E-state index in [0.717, 1.165) is 12.8 Å². The molecule has 114 valence electrons. The minimum Gasteiger partial charge on any atom is -0.462 e. The fourth-order valence-corrected chi connectivity index (χ4v) is 2.33. The van der Waals surface area contributed by atoms with E-state index < -0.39 is 0 Å². The molecule has 0 saturated carbocycles. The van der Waals surface area contributed by atoms with Crippen molar-refractivity contribution in [2.45, 2.75) is 90.6 Å². The van der Waals surface area contributed by atoms with Gasteiger partial charge in [-0.15, -0.1) is 11.6 Å². The number of hydrogen-bond donors (Lipinski definition) is 0. The highest BCUT2D eigenvalue weighted by Crippen LogP contribution is 2.14. The van der Waals surface area contributed by atoms with Gasteiger partial charge in [0.25, 0.3) is 0 Å². The Morgan fingerprint density at radius 2 is 1.58 bits per heavy atom. The second kappa shape index (κ2) is 14.2. The number of esters is 1. The van der Waals surface area contributed by atoms with Gasteiger partial charge in [0.1, 0.15) is 6.10 Å². The lowest BCUT2D eigenvalue weighted by atomic mass is 10.0. The number of carbonyl (C=O) groups is 1. The summed E-state index contributed by atoms with van der Waals surface area (Å²) in [5.41, 5.74) is 0. The third-order valence-corrected chi connectivity index (χ3v) is 3.62. The van der Waals surface area contributed by atoms with Crippen molar-refractivity contribution >= 4 is 17.6 Å². The maximum atomic E-state index is 11.3. The van der Waals surface area contributed by atoms with Crippen LogP contribution < -0.4 is 0 Å². The lowest BCUT2D eigenvalue weighted by Gasteiger charge is -2.15. The minimum absolute atomic E-state index is 0.0933. The van der Waals surface area contributed by atoms with Crippen LogP contribution in [0, 0.1) is 0 Å². The van der Waals surface area contributed by atoms with Crippen molar-refractivity contribution in [2.24, 2.45) is 0 Å². The zero-order valence-corrected chi connectivity index (χ0v) is 13.5. The predicted molar refractivity (Wildman–Crippen MR) is 82.7 cm³/mol. The van der Waals surface area contributed by atoms with E-state index in [4.69, 9.17) is 16.3 Å². The summed E-state index contributed by atoms with van der Waals surface area (Å²) in [4.78, 5) is 11.3. The normalized spacial score (nSPS) is 12.4. The van der Waals surface area contributed by atoms with Gasteiger partial charge in [-0.25, -0.2) is 0 Å². The SMILES string of the molecule is CCCCCCCCCCC(CC)OC(=O)CCCl. The van der Waals surface area contributed by atoms with Crippen LogP contribution in [0.25, 0.3) is 0 Å². The third-order valence-electron chi connectivity index (χ3n) is 3.43. The van der Waals surface area contributed by atoms with Gasteiger partial charge in [-0.1, -0.05) is 58.8 Å². The van der Waals surface area contributed by atoms with Gasteiger partial charge in [-0.3, -0.25) is 4.79 Å². The van der Waals surface area contributed by atoms with Crippen LogP contribution in [0.1, 0.15) is 84.5 Å². The Balaban J connectivity index is 3.43. The Morgan fingerprint density at radius 1 is 1.00 bits per heavy atom. The summed E-state index contributed by atoms with van der Waals surface area (Å²) in [5, 5.41) is 0. The fourth-order valence-electron chi connectivity index (χ4n) is 2.17. The summed E-state index contributed by atoms with van der Waals surface area (Å²) in [6.45, 7) is 4.32. The first-order valence-corrected chi connectivity index (χ1v) is 8.53. The van der Waals surface area contributed by atoms with Crippen LogP contribution in [0.15, 0.2) is 0 Å². The summed E-state index contributed by atoms with van der Waals surface area (Å²) >= 11 is 5.52. The molecule has 0 bridgehead atoms. The molecule has 0 N–H and O–H groups in total. The van der Waals surface area contributed by atoms with Crippen molar-refractivity contribution in [1.29, 1.82) is 0 Å². The quantitative estimate of drug-likeness (QED) is 0.255. The minimum atomic E-state index is -0.151. The van der Waals surface area contributed by atoms with Gasteiger partial charge in [0.2, 0.25) is 0 Å². The van der Waals surface area contributed by atoms with Crippen molar-refractivity contribution in [1.82, 2.24) is 0 Å². The number of halogens is 1. The number of carbonyl (C=O) groups excluding carboxylic acids is 1. The first-order valence-electron chi connectivity index (χ1n) is 8.00. The molecule has 1 atom stereocenters. The molecule has 0 aromatic carbocycles. The number of unbranched alkanes of at least 4 members (excludes halogenated alkanes) is 7. The van der Waals surface area contributed by atoms with Crippen molar-refractivity contribution in [3.05, 3.63) is 0 Å². The molecule has 0 aromatic rings. The molecule has 3 heteroatoms. The van der Waals surface area contributed by atoms with Crippen molar-refractivity contribution < 1.29 is 9.53 Å². The molecule has 0 aliphatic heterocycles. The maximum Gasteiger partial charge on any atom is 0.307 e. The molecular formula is C16H31ClO2. The van der Waals surface area contributed by atoms with Gasteiger partial charge < -0.3 is 4.74 Å². The van der Waals surface area contributed by atoms with E-state index in [1.807, 2.05) is 0 Å². The topological polar surface area (TPSA) is 26.3 Å². The van der Waals surface area contributed by atoms with Gasteiger partial charge >= 0.3 is 5.97 Å². The molecule has 2 nitrogen and oxygen atoms in total. The molecule has 0 saturated heterocycles. The van der Waals surface area contributed by atoms with Crippen LogP contribution in [-0.4, -0.2) is 18.0 Å². The molecule has 0 radical (unpaired) electrons. The van der Waals surface area contributed by atoms with E-state index in [9.17, 15) is 4.79 Å². The van der Waals surface area contributed by atoms with Crippen LogP contribution >= 0.6 is 11.6 Å². The van der Waals surface area contributed by atoms with Gasteiger partial charge in [0, 0.05) is 5.88 Å². The van der Waals surface area contributed by atoms with Gasteiger partial charge in [0.15, 0.2) is 0 Å². The van der Waals surface area contributed by atoms with Gasteiger partial charge in [-0.05, 0) is 19.3 Å². The monoisotopic (exact) mass is 290 g/mol. The lowest BCUT2D eigenvalue weighted by Crippen LogP contribution is -2.17. The second-order valence-corrected chi connectivity index (χ2v) is 5.60. The Kier molecular flexibility index (Phi) is 14.0. The number of alkyl halides is 1. The van der Waals surface area contributed by atoms with Crippen LogP contribution in [0.4, 0.5) is 0 Å². The summed E-state index contributed by atoms with van der Waals surface area (Å²) in [6.07, 6.45) is 12.9.